The molecule has 3 nitrogen and oxygen atoms in total. The van der Waals surface area contributed by atoms with Gasteiger partial charge in [-0.2, -0.15) is 0 Å². The van der Waals surface area contributed by atoms with E-state index < -0.39 is 5.97 Å². The van der Waals surface area contributed by atoms with Gasteiger partial charge in [-0.15, -0.1) is 0 Å². The molecule has 0 spiro atoms. The van der Waals surface area contributed by atoms with Gasteiger partial charge >= 0.3 is 5.97 Å². The van der Waals surface area contributed by atoms with E-state index in [9.17, 15) is 9.90 Å². The second-order valence-electron chi connectivity index (χ2n) is 4.90. The van der Waals surface area contributed by atoms with E-state index in [-0.39, 0.29) is 0 Å². The molecule has 1 N–H and O–H groups in total. The molecule has 1 aromatic carbocycles. The Bertz CT molecular complexity index is 638. The van der Waals surface area contributed by atoms with Crippen LogP contribution in [0.25, 0.3) is 11.3 Å². The van der Waals surface area contributed by atoms with Crippen molar-refractivity contribution in [3.8, 4) is 11.3 Å². The van der Waals surface area contributed by atoms with Crippen LogP contribution in [0.5, 0.6) is 0 Å². The highest BCUT2D eigenvalue weighted by atomic mass is 16.4. The van der Waals surface area contributed by atoms with Crippen molar-refractivity contribution in [3.63, 3.8) is 0 Å². The Kier molecular flexibility index (Phi) is 3.47. The van der Waals surface area contributed by atoms with Gasteiger partial charge in [-0.25, -0.2) is 4.79 Å². The van der Waals surface area contributed by atoms with Crippen LogP contribution in [-0.4, -0.2) is 15.6 Å². The van der Waals surface area contributed by atoms with Gasteiger partial charge in [0.25, 0.3) is 0 Å². The smallest absolute Gasteiger partial charge is 0.337 e. The summed E-state index contributed by atoms with van der Waals surface area (Å²) in [4.78, 5) is 11.3. The number of aromatic carboxylic acids is 1. The van der Waals surface area contributed by atoms with Crippen LogP contribution in [-0.2, 0) is 6.54 Å². The molecule has 0 radical (unpaired) electrons. The minimum Gasteiger partial charge on any atom is -0.478 e. The van der Waals surface area contributed by atoms with Crippen molar-refractivity contribution in [1.82, 2.24) is 4.57 Å². The van der Waals surface area contributed by atoms with Gasteiger partial charge < -0.3 is 9.67 Å². The molecule has 0 atom stereocenters. The Labute approximate surface area is 113 Å². The molecular formula is C16H19NO2. The van der Waals surface area contributed by atoms with Gasteiger partial charge in [0.1, 0.15) is 0 Å². The zero-order chi connectivity index (χ0) is 14.2. The first-order chi connectivity index (χ1) is 8.95. The molecule has 0 bridgehead atoms. The molecule has 2 aromatic rings. The Hall–Kier alpha value is -2.03. The number of carboxylic acids is 1. The predicted molar refractivity (Wildman–Crippen MR) is 76.7 cm³/mol. The Morgan fingerprint density at radius 1 is 1.21 bits per heavy atom. The Morgan fingerprint density at radius 3 is 2.42 bits per heavy atom. The summed E-state index contributed by atoms with van der Waals surface area (Å²) in [6, 6.07) is 8.03. The highest BCUT2D eigenvalue weighted by molar-refractivity contribution is 5.91. The largest absolute Gasteiger partial charge is 0.478 e. The zero-order valence-corrected chi connectivity index (χ0v) is 11.8. The summed E-state index contributed by atoms with van der Waals surface area (Å²) < 4.78 is 2.06. The number of hydrogen-bond acceptors (Lipinski definition) is 1. The molecule has 3 heteroatoms. The molecule has 0 unspecified atom stereocenters. The highest BCUT2D eigenvalue weighted by Gasteiger charge is 2.17. The average Bonchev–Trinajstić information content (AvgIpc) is 2.66. The summed E-state index contributed by atoms with van der Waals surface area (Å²) >= 11 is 0. The van der Waals surface area contributed by atoms with Crippen LogP contribution < -0.4 is 0 Å². The third kappa shape index (κ3) is 2.28. The van der Waals surface area contributed by atoms with Crippen LogP contribution in [0.1, 0.15) is 34.1 Å². The maximum Gasteiger partial charge on any atom is 0.337 e. The lowest BCUT2D eigenvalue weighted by Crippen LogP contribution is -2.03. The maximum absolute atomic E-state index is 11.3. The summed E-state index contributed by atoms with van der Waals surface area (Å²) in [5, 5.41) is 9.25. The molecule has 0 amide bonds. The first kappa shape index (κ1) is 13.4. The molecule has 2 rings (SSSR count). The van der Waals surface area contributed by atoms with E-state index in [1.807, 2.05) is 13.8 Å². The lowest BCUT2D eigenvalue weighted by molar-refractivity contribution is 0.0696. The number of aromatic nitrogens is 1. The van der Waals surface area contributed by atoms with Gasteiger partial charge in [-0.1, -0.05) is 23.8 Å². The first-order valence-corrected chi connectivity index (χ1v) is 6.46. The number of hydrogen-bond donors (Lipinski definition) is 1. The second-order valence-corrected chi connectivity index (χ2v) is 4.90. The van der Waals surface area contributed by atoms with Crippen LogP contribution >= 0.6 is 0 Å². The Balaban J connectivity index is 2.68. The minimum atomic E-state index is -0.865. The third-order valence-corrected chi connectivity index (χ3v) is 3.57. The van der Waals surface area contributed by atoms with E-state index in [0.717, 1.165) is 23.5 Å². The van der Waals surface area contributed by atoms with Crippen LogP contribution in [0.2, 0.25) is 0 Å². The van der Waals surface area contributed by atoms with Gasteiger partial charge in [-0.3, -0.25) is 0 Å². The lowest BCUT2D eigenvalue weighted by atomic mass is 10.0. The van der Waals surface area contributed by atoms with Gasteiger partial charge in [-0.05, 0) is 39.3 Å². The van der Waals surface area contributed by atoms with Gasteiger partial charge in [0, 0.05) is 23.5 Å². The Morgan fingerprint density at radius 2 is 1.89 bits per heavy atom. The van der Waals surface area contributed by atoms with Gasteiger partial charge in [0.05, 0.1) is 5.56 Å². The first-order valence-electron chi connectivity index (χ1n) is 6.46. The topological polar surface area (TPSA) is 42.2 Å². The molecule has 1 heterocycles. The number of carboxylic acid groups (broad SMARTS) is 1. The summed E-state index contributed by atoms with van der Waals surface area (Å²) in [6.45, 7) is 8.78. The summed E-state index contributed by atoms with van der Waals surface area (Å²) in [5.41, 5.74) is 5.66. The predicted octanol–water partition coefficient (Wildman–Crippen LogP) is 3.80. The normalized spacial score (nSPS) is 10.7. The van der Waals surface area contributed by atoms with E-state index in [2.05, 4.69) is 36.6 Å². The molecule has 0 aliphatic carbocycles. The molecule has 1 aromatic heterocycles. The fourth-order valence-corrected chi connectivity index (χ4v) is 2.59. The van der Waals surface area contributed by atoms with Crippen LogP contribution in [0.4, 0.5) is 0 Å². The molecule has 0 saturated heterocycles. The van der Waals surface area contributed by atoms with Gasteiger partial charge in [0.2, 0.25) is 0 Å². The number of carbonyl (C=O) groups is 1. The maximum atomic E-state index is 11.3. The zero-order valence-electron chi connectivity index (χ0n) is 11.8. The van der Waals surface area contributed by atoms with Crippen molar-refractivity contribution in [2.45, 2.75) is 34.2 Å². The fourth-order valence-electron chi connectivity index (χ4n) is 2.59. The average molecular weight is 257 g/mol. The molecule has 19 heavy (non-hydrogen) atoms. The summed E-state index contributed by atoms with van der Waals surface area (Å²) in [6.07, 6.45) is 0. The number of nitrogens with zero attached hydrogens (tertiary/aromatic N) is 1. The van der Waals surface area contributed by atoms with E-state index in [0.29, 0.717) is 5.56 Å². The molecule has 0 fully saturated rings. The van der Waals surface area contributed by atoms with E-state index in [1.54, 1.807) is 6.07 Å². The van der Waals surface area contributed by atoms with Crippen molar-refractivity contribution in [3.05, 3.63) is 46.6 Å². The van der Waals surface area contributed by atoms with Crippen molar-refractivity contribution in [2.24, 2.45) is 0 Å². The molecule has 100 valence electrons. The van der Waals surface area contributed by atoms with Crippen molar-refractivity contribution in [2.75, 3.05) is 0 Å². The van der Waals surface area contributed by atoms with E-state index in [4.69, 9.17) is 0 Å². The van der Waals surface area contributed by atoms with Crippen LogP contribution in [0, 0.1) is 20.8 Å². The molecular weight excluding hydrogens is 238 g/mol. The van der Waals surface area contributed by atoms with Crippen molar-refractivity contribution >= 4 is 5.97 Å². The second kappa shape index (κ2) is 4.92. The number of aryl methyl sites for hydroxylation is 2. The number of benzene rings is 1. The molecule has 0 saturated carbocycles. The van der Waals surface area contributed by atoms with Crippen molar-refractivity contribution < 1.29 is 9.90 Å². The van der Waals surface area contributed by atoms with E-state index >= 15 is 0 Å². The number of rotatable bonds is 3. The minimum absolute atomic E-state index is 0.386. The van der Waals surface area contributed by atoms with E-state index in [1.165, 1.54) is 11.1 Å². The fraction of sp³-hybridized carbons (Fsp3) is 0.312. The van der Waals surface area contributed by atoms with Crippen LogP contribution in [0.3, 0.4) is 0 Å². The third-order valence-electron chi connectivity index (χ3n) is 3.57. The van der Waals surface area contributed by atoms with Gasteiger partial charge in [0.15, 0.2) is 0 Å². The molecule has 0 aliphatic rings. The summed E-state index contributed by atoms with van der Waals surface area (Å²) in [5.74, 6) is -0.865. The monoisotopic (exact) mass is 257 g/mol. The van der Waals surface area contributed by atoms with Crippen molar-refractivity contribution in [1.29, 1.82) is 0 Å². The van der Waals surface area contributed by atoms with Crippen LogP contribution in [0.15, 0.2) is 24.3 Å². The molecule has 0 aliphatic heterocycles. The quantitative estimate of drug-likeness (QED) is 0.908. The SMILES string of the molecule is CCn1c(-c2ccc(C)cc2C)cc(C(=O)O)c1C. The highest BCUT2D eigenvalue weighted by Crippen LogP contribution is 2.29. The lowest BCUT2D eigenvalue weighted by Gasteiger charge is -2.11. The summed E-state index contributed by atoms with van der Waals surface area (Å²) in [7, 11) is 0. The standard InChI is InChI=1S/C16H19NO2/c1-5-17-12(4)14(16(18)19)9-15(17)13-7-6-10(2)8-11(13)3/h6-9H,5H2,1-4H3,(H,18,19).